The van der Waals surface area contributed by atoms with Gasteiger partial charge in [0.25, 0.3) is 5.91 Å². The summed E-state index contributed by atoms with van der Waals surface area (Å²) in [7, 11) is 0. The highest BCUT2D eigenvalue weighted by molar-refractivity contribution is 8.26. The molecular formula is C25H17ClN2O2S3. The Kier molecular flexibility index (Phi) is 6.29. The first-order valence-corrected chi connectivity index (χ1v) is 12.6. The number of thioether (sulfide) groups is 1. The molecule has 0 saturated carbocycles. The maximum atomic E-state index is 13.4. The van der Waals surface area contributed by atoms with Gasteiger partial charge in [0.05, 0.1) is 16.3 Å². The predicted octanol–water partition coefficient (Wildman–Crippen LogP) is 6.76. The first kappa shape index (κ1) is 22.2. The van der Waals surface area contributed by atoms with Crippen LogP contribution in [0.3, 0.4) is 0 Å². The van der Waals surface area contributed by atoms with Gasteiger partial charge in [-0.3, -0.25) is 19.4 Å². The Morgan fingerprint density at radius 3 is 2.15 bits per heavy atom. The van der Waals surface area contributed by atoms with Gasteiger partial charge in [-0.25, -0.2) is 0 Å². The summed E-state index contributed by atoms with van der Waals surface area (Å²) < 4.78 is 0.461. The standard InChI is InChI=1S/C25H17ClN2O2S3/c26-17-11-9-16(10-12-17)15-22-24(30)27(25(31)33-22)14-13-23(29)28-18-5-1-3-7-20(18)32-21-8-4-2-6-19(21)28/h1-12,15H,13-14H2. The number of thiocarbonyl (C=S) groups is 1. The van der Waals surface area contributed by atoms with E-state index in [-0.39, 0.29) is 24.8 Å². The lowest BCUT2D eigenvalue weighted by Crippen LogP contribution is -2.35. The van der Waals surface area contributed by atoms with E-state index in [0.29, 0.717) is 14.2 Å². The number of rotatable bonds is 4. The largest absolute Gasteiger partial charge is 0.292 e. The lowest BCUT2D eigenvalue weighted by atomic mass is 10.2. The molecule has 0 radical (unpaired) electrons. The highest BCUT2D eigenvalue weighted by Crippen LogP contribution is 2.48. The van der Waals surface area contributed by atoms with Gasteiger partial charge in [0.2, 0.25) is 5.91 Å². The van der Waals surface area contributed by atoms with Gasteiger partial charge in [-0.05, 0) is 48.0 Å². The average Bonchev–Trinajstić information content (AvgIpc) is 3.09. The summed E-state index contributed by atoms with van der Waals surface area (Å²) in [5, 5.41) is 0.637. The van der Waals surface area contributed by atoms with Crippen LogP contribution in [0.15, 0.2) is 87.5 Å². The number of anilines is 2. The molecule has 1 fully saturated rings. The number of halogens is 1. The molecule has 0 atom stereocenters. The molecule has 0 unspecified atom stereocenters. The van der Waals surface area contributed by atoms with Gasteiger partial charge in [0.1, 0.15) is 4.32 Å². The van der Waals surface area contributed by atoms with E-state index in [1.165, 1.54) is 16.7 Å². The molecule has 3 aromatic carbocycles. The van der Waals surface area contributed by atoms with Gasteiger partial charge in [-0.15, -0.1) is 0 Å². The van der Waals surface area contributed by atoms with Crippen LogP contribution in [0.5, 0.6) is 0 Å². The minimum absolute atomic E-state index is 0.0778. The minimum atomic E-state index is -0.178. The smallest absolute Gasteiger partial charge is 0.266 e. The van der Waals surface area contributed by atoms with Crippen molar-refractivity contribution in [3.8, 4) is 0 Å². The summed E-state index contributed by atoms with van der Waals surface area (Å²) in [6.07, 6.45) is 1.96. The second-order valence-electron chi connectivity index (χ2n) is 7.40. The molecule has 0 N–H and O–H groups in total. The van der Waals surface area contributed by atoms with Crippen molar-refractivity contribution < 1.29 is 9.59 Å². The molecule has 1 saturated heterocycles. The van der Waals surface area contributed by atoms with Crippen LogP contribution in [0, 0.1) is 0 Å². The Morgan fingerprint density at radius 2 is 1.52 bits per heavy atom. The maximum absolute atomic E-state index is 13.4. The Hall–Kier alpha value is -2.58. The molecule has 0 bridgehead atoms. The van der Waals surface area contributed by atoms with Crippen molar-refractivity contribution in [2.24, 2.45) is 0 Å². The topological polar surface area (TPSA) is 40.6 Å². The fourth-order valence-corrected chi connectivity index (χ4v) is 6.19. The molecule has 0 spiro atoms. The Labute approximate surface area is 210 Å². The van der Waals surface area contributed by atoms with Crippen molar-refractivity contribution >= 4 is 80.9 Å². The van der Waals surface area contributed by atoms with Gasteiger partial charge in [0.15, 0.2) is 0 Å². The Bertz CT molecular complexity index is 1260. The third kappa shape index (κ3) is 4.46. The molecule has 2 aliphatic rings. The molecular weight excluding hydrogens is 492 g/mol. The number of hydrogen-bond donors (Lipinski definition) is 0. The van der Waals surface area contributed by atoms with Crippen LogP contribution in [0.2, 0.25) is 5.02 Å². The molecule has 2 aliphatic heterocycles. The first-order valence-electron chi connectivity index (χ1n) is 10.2. The first-order chi connectivity index (χ1) is 16.0. The van der Waals surface area contributed by atoms with Crippen molar-refractivity contribution in [3.63, 3.8) is 0 Å². The summed E-state index contributed by atoms with van der Waals surface area (Å²) in [5.41, 5.74) is 2.59. The van der Waals surface area contributed by atoms with Gasteiger partial charge < -0.3 is 0 Å². The molecule has 5 rings (SSSR count). The fourth-order valence-electron chi connectivity index (χ4n) is 3.70. The van der Waals surface area contributed by atoms with Crippen LogP contribution in [0.4, 0.5) is 11.4 Å². The number of carbonyl (C=O) groups excluding carboxylic acids is 2. The van der Waals surface area contributed by atoms with Crippen LogP contribution in [0.25, 0.3) is 6.08 Å². The van der Waals surface area contributed by atoms with E-state index in [1.807, 2.05) is 60.7 Å². The molecule has 33 heavy (non-hydrogen) atoms. The molecule has 0 aromatic heterocycles. The molecule has 4 nitrogen and oxygen atoms in total. The number of benzene rings is 3. The van der Waals surface area contributed by atoms with Crippen molar-refractivity contribution in [1.29, 1.82) is 0 Å². The highest BCUT2D eigenvalue weighted by Gasteiger charge is 2.34. The number of amides is 2. The molecule has 164 valence electrons. The van der Waals surface area contributed by atoms with E-state index in [9.17, 15) is 9.59 Å². The summed E-state index contributed by atoms with van der Waals surface area (Å²) >= 11 is 14.3. The van der Waals surface area contributed by atoms with Gasteiger partial charge in [-0.2, -0.15) is 0 Å². The van der Waals surface area contributed by atoms with Crippen molar-refractivity contribution in [3.05, 3.63) is 88.3 Å². The summed E-state index contributed by atoms with van der Waals surface area (Å²) in [6, 6.07) is 23.0. The van der Waals surface area contributed by atoms with Crippen LogP contribution in [0.1, 0.15) is 12.0 Å². The normalized spacial score (nSPS) is 16.2. The van der Waals surface area contributed by atoms with E-state index < -0.39 is 0 Å². The third-order valence-electron chi connectivity index (χ3n) is 5.27. The summed E-state index contributed by atoms with van der Waals surface area (Å²) in [5.74, 6) is -0.256. The van der Waals surface area contributed by atoms with E-state index in [0.717, 1.165) is 26.7 Å². The quantitative estimate of drug-likeness (QED) is 0.287. The number of nitrogens with zero attached hydrogens (tertiary/aromatic N) is 2. The van der Waals surface area contributed by atoms with Gasteiger partial charge in [0, 0.05) is 27.8 Å². The zero-order valence-electron chi connectivity index (χ0n) is 17.2. The monoisotopic (exact) mass is 508 g/mol. The number of para-hydroxylation sites is 2. The Morgan fingerprint density at radius 1 is 0.909 bits per heavy atom. The Balaban J connectivity index is 1.34. The van der Waals surface area contributed by atoms with E-state index in [2.05, 4.69) is 0 Å². The van der Waals surface area contributed by atoms with E-state index in [1.54, 1.807) is 34.9 Å². The van der Waals surface area contributed by atoms with Crippen LogP contribution < -0.4 is 4.90 Å². The lowest BCUT2D eigenvalue weighted by Gasteiger charge is -2.31. The number of carbonyl (C=O) groups is 2. The van der Waals surface area contributed by atoms with Gasteiger partial charge in [-0.1, -0.05) is 83.7 Å². The van der Waals surface area contributed by atoms with Crippen molar-refractivity contribution in [1.82, 2.24) is 4.90 Å². The van der Waals surface area contributed by atoms with Crippen molar-refractivity contribution in [2.45, 2.75) is 16.2 Å². The second-order valence-corrected chi connectivity index (χ2v) is 10.6. The molecule has 0 aliphatic carbocycles. The van der Waals surface area contributed by atoms with Crippen LogP contribution >= 0.6 is 47.3 Å². The molecule has 8 heteroatoms. The van der Waals surface area contributed by atoms with Gasteiger partial charge >= 0.3 is 0 Å². The second kappa shape index (κ2) is 9.35. The molecule has 2 heterocycles. The summed E-state index contributed by atoms with van der Waals surface area (Å²) in [4.78, 5) is 32.2. The minimum Gasteiger partial charge on any atom is -0.292 e. The zero-order valence-corrected chi connectivity index (χ0v) is 20.4. The van der Waals surface area contributed by atoms with E-state index >= 15 is 0 Å². The SMILES string of the molecule is O=C1C(=Cc2ccc(Cl)cc2)SC(=S)N1CCC(=O)N1c2ccccc2Sc2ccccc21. The maximum Gasteiger partial charge on any atom is 0.266 e. The third-order valence-corrected chi connectivity index (χ3v) is 8.03. The average molecular weight is 509 g/mol. The highest BCUT2D eigenvalue weighted by atomic mass is 35.5. The fraction of sp³-hybridized carbons (Fsp3) is 0.0800. The van der Waals surface area contributed by atoms with Crippen LogP contribution in [-0.4, -0.2) is 27.6 Å². The molecule has 3 aromatic rings. The van der Waals surface area contributed by atoms with Crippen molar-refractivity contribution in [2.75, 3.05) is 11.4 Å². The molecule has 2 amide bonds. The van der Waals surface area contributed by atoms with Crippen LogP contribution in [-0.2, 0) is 9.59 Å². The zero-order chi connectivity index (χ0) is 22.9. The van der Waals surface area contributed by atoms with E-state index in [4.69, 9.17) is 23.8 Å². The number of fused-ring (bicyclic) bond motifs is 2. The summed E-state index contributed by atoms with van der Waals surface area (Å²) in [6.45, 7) is 0.232. The lowest BCUT2D eigenvalue weighted by molar-refractivity contribution is -0.123. The number of hydrogen-bond acceptors (Lipinski definition) is 5. The predicted molar refractivity (Wildman–Crippen MR) is 140 cm³/mol.